The third-order valence-corrected chi connectivity index (χ3v) is 3.77. The average Bonchev–Trinajstić information content (AvgIpc) is 3.14. The highest BCUT2D eigenvalue weighted by atomic mass is 16.6. The summed E-state index contributed by atoms with van der Waals surface area (Å²) in [6, 6.07) is 11.7. The maximum atomic E-state index is 5.65. The molecule has 2 aromatic rings. The van der Waals surface area contributed by atoms with Crippen molar-refractivity contribution in [2.75, 3.05) is 13.2 Å². The van der Waals surface area contributed by atoms with Crippen LogP contribution in [0.2, 0.25) is 0 Å². The zero-order valence-corrected chi connectivity index (χ0v) is 11.6. The molecule has 2 aromatic carbocycles. The monoisotopic (exact) mass is 282 g/mol. The molecule has 0 aromatic heterocycles. The predicted octanol–water partition coefficient (Wildman–Crippen LogP) is 2.28. The third kappa shape index (κ3) is 2.51. The van der Waals surface area contributed by atoms with Crippen molar-refractivity contribution in [3.63, 3.8) is 0 Å². The van der Waals surface area contributed by atoms with Gasteiger partial charge in [0.2, 0.25) is 0 Å². The van der Waals surface area contributed by atoms with E-state index < -0.39 is 0 Å². The Hall–Kier alpha value is -2.30. The van der Waals surface area contributed by atoms with Gasteiger partial charge in [-0.1, -0.05) is 0 Å². The molecule has 0 amide bonds. The van der Waals surface area contributed by atoms with E-state index >= 15 is 0 Å². The lowest BCUT2D eigenvalue weighted by Gasteiger charge is -2.09. The zero-order chi connectivity index (χ0) is 14.1. The molecule has 0 spiro atoms. The Morgan fingerprint density at radius 2 is 1.29 bits per heavy atom. The van der Waals surface area contributed by atoms with Crippen LogP contribution in [-0.2, 0) is 12.8 Å². The topological polar surface area (TPSA) is 36.9 Å². The minimum atomic E-state index is 0.194. The SMILES string of the molecule is B(Oc1ccc2c(c1)CCO2)Oc1ccc2c(c1)CCO2. The molecule has 5 heteroatoms. The first kappa shape index (κ1) is 12.4. The van der Waals surface area contributed by atoms with Crippen molar-refractivity contribution in [1.82, 2.24) is 0 Å². The second kappa shape index (κ2) is 5.24. The summed E-state index contributed by atoms with van der Waals surface area (Å²) in [5.74, 6) is 3.54. The van der Waals surface area contributed by atoms with Gasteiger partial charge in [-0.2, -0.15) is 0 Å². The normalized spacial score (nSPS) is 14.7. The minimum Gasteiger partial charge on any atom is -0.529 e. The minimum absolute atomic E-state index is 0.194. The zero-order valence-electron chi connectivity index (χ0n) is 11.6. The van der Waals surface area contributed by atoms with Crippen LogP contribution in [0.5, 0.6) is 23.0 Å². The molecule has 4 nitrogen and oxygen atoms in total. The maximum Gasteiger partial charge on any atom is 0.576 e. The predicted molar refractivity (Wildman–Crippen MR) is 79.7 cm³/mol. The van der Waals surface area contributed by atoms with Gasteiger partial charge in [-0.05, 0) is 36.4 Å². The molecule has 4 rings (SSSR count). The van der Waals surface area contributed by atoms with Gasteiger partial charge in [-0.25, -0.2) is 0 Å². The van der Waals surface area contributed by atoms with Gasteiger partial charge in [0.05, 0.1) is 13.2 Å². The fourth-order valence-electron chi connectivity index (χ4n) is 2.67. The van der Waals surface area contributed by atoms with Crippen LogP contribution in [0.4, 0.5) is 0 Å². The van der Waals surface area contributed by atoms with Crippen molar-refractivity contribution in [3.8, 4) is 23.0 Å². The van der Waals surface area contributed by atoms with Crippen molar-refractivity contribution in [2.45, 2.75) is 12.8 Å². The molecule has 0 atom stereocenters. The van der Waals surface area contributed by atoms with Gasteiger partial charge in [0, 0.05) is 24.0 Å². The summed E-state index contributed by atoms with van der Waals surface area (Å²) < 4.78 is 22.2. The Morgan fingerprint density at radius 3 is 1.81 bits per heavy atom. The van der Waals surface area contributed by atoms with Crippen LogP contribution in [0, 0.1) is 0 Å². The van der Waals surface area contributed by atoms with Crippen molar-refractivity contribution in [2.24, 2.45) is 0 Å². The molecule has 0 aliphatic carbocycles. The van der Waals surface area contributed by atoms with E-state index in [9.17, 15) is 0 Å². The number of hydrogen-bond donors (Lipinski definition) is 0. The Kier molecular flexibility index (Phi) is 3.11. The Bertz CT molecular complexity index is 614. The van der Waals surface area contributed by atoms with Crippen LogP contribution in [-0.4, -0.2) is 20.9 Å². The first-order chi connectivity index (χ1) is 10.4. The fourth-order valence-corrected chi connectivity index (χ4v) is 2.67. The lowest BCUT2D eigenvalue weighted by molar-refractivity contribution is 0.356. The van der Waals surface area contributed by atoms with Gasteiger partial charge in [-0.3, -0.25) is 0 Å². The molecule has 0 N–H and O–H groups in total. The van der Waals surface area contributed by atoms with E-state index in [1.807, 2.05) is 36.4 Å². The van der Waals surface area contributed by atoms with Crippen molar-refractivity contribution in [1.29, 1.82) is 0 Å². The maximum absolute atomic E-state index is 5.65. The van der Waals surface area contributed by atoms with Crippen LogP contribution >= 0.6 is 0 Å². The molecular weight excluding hydrogens is 267 g/mol. The molecule has 106 valence electrons. The third-order valence-electron chi connectivity index (χ3n) is 3.77. The summed E-state index contributed by atoms with van der Waals surface area (Å²) in [6.45, 7) is 1.51. The second-order valence-electron chi connectivity index (χ2n) is 5.14. The molecule has 0 saturated carbocycles. The molecule has 2 aliphatic heterocycles. The molecule has 2 heterocycles. The molecule has 0 bridgehead atoms. The Morgan fingerprint density at radius 1 is 0.762 bits per heavy atom. The smallest absolute Gasteiger partial charge is 0.529 e. The van der Waals surface area contributed by atoms with Crippen molar-refractivity contribution < 1.29 is 18.8 Å². The van der Waals surface area contributed by atoms with Gasteiger partial charge >= 0.3 is 7.69 Å². The summed E-state index contributed by atoms with van der Waals surface area (Å²) in [4.78, 5) is 0. The van der Waals surface area contributed by atoms with Crippen LogP contribution in [0.1, 0.15) is 11.1 Å². The highest BCUT2D eigenvalue weighted by Crippen LogP contribution is 2.30. The quantitative estimate of drug-likeness (QED) is 0.806. The Labute approximate surface area is 123 Å². The summed E-state index contributed by atoms with van der Waals surface area (Å²) in [5, 5.41) is 0. The number of rotatable bonds is 4. The molecule has 0 unspecified atom stereocenters. The van der Waals surface area contributed by atoms with Gasteiger partial charge in [0.1, 0.15) is 23.0 Å². The van der Waals surface area contributed by atoms with E-state index in [2.05, 4.69) is 0 Å². The number of benzene rings is 2. The van der Waals surface area contributed by atoms with E-state index in [1.165, 1.54) is 11.1 Å². The van der Waals surface area contributed by atoms with Crippen LogP contribution in [0.15, 0.2) is 36.4 Å². The van der Waals surface area contributed by atoms with Crippen molar-refractivity contribution >= 4 is 7.69 Å². The molecule has 0 saturated heterocycles. The first-order valence-corrected chi connectivity index (χ1v) is 7.15. The summed E-state index contributed by atoms with van der Waals surface area (Å²) in [6.07, 6.45) is 1.89. The first-order valence-electron chi connectivity index (χ1n) is 7.15. The number of ether oxygens (including phenoxy) is 2. The molecule has 21 heavy (non-hydrogen) atoms. The number of hydrogen-bond acceptors (Lipinski definition) is 4. The molecule has 0 fully saturated rings. The second-order valence-corrected chi connectivity index (χ2v) is 5.14. The van der Waals surface area contributed by atoms with Gasteiger partial charge in [-0.15, -0.1) is 0 Å². The van der Waals surface area contributed by atoms with E-state index in [0.29, 0.717) is 0 Å². The van der Waals surface area contributed by atoms with Gasteiger partial charge < -0.3 is 18.8 Å². The van der Waals surface area contributed by atoms with E-state index in [1.54, 1.807) is 0 Å². The number of fused-ring (bicyclic) bond motifs is 2. The van der Waals surface area contributed by atoms with Crippen LogP contribution in [0.3, 0.4) is 0 Å². The lowest BCUT2D eigenvalue weighted by Crippen LogP contribution is -2.11. The van der Waals surface area contributed by atoms with E-state index in [-0.39, 0.29) is 7.69 Å². The fraction of sp³-hybridized carbons (Fsp3) is 0.250. The van der Waals surface area contributed by atoms with Gasteiger partial charge in [0.15, 0.2) is 0 Å². The summed E-state index contributed by atoms with van der Waals surface area (Å²) in [5.41, 5.74) is 2.39. The van der Waals surface area contributed by atoms with Gasteiger partial charge in [0.25, 0.3) is 0 Å². The highest BCUT2D eigenvalue weighted by molar-refractivity contribution is 6.20. The standard InChI is InChI=1S/C16H15BO4/c1-3-15-11(5-7-18-15)9-13(1)20-17-21-14-2-4-16-12(10-14)6-8-19-16/h1-4,9-10,17H,5-8H2. The largest absolute Gasteiger partial charge is 0.576 e. The van der Waals surface area contributed by atoms with E-state index in [0.717, 1.165) is 49.1 Å². The Balaban J connectivity index is 1.37. The molecular formula is C16H15BO4. The summed E-state index contributed by atoms with van der Waals surface area (Å²) in [7, 11) is 0.194. The van der Waals surface area contributed by atoms with Crippen LogP contribution < -0.4 is 18.8 Å². The lowest BCUT2D eigenvalue weighted by atomic mass is 10.1. The molecule has 0 radical (unpaired) electrons. The summed E-state index contributed by atoms with van der Waals surface area (Å²) >= 11 is 0. The van der Waals surface area contributed by atoms with Crippen molar-refractivity contribution in [3.05, 3.63) is 47.5 Å². The van der Waals surface area contributed by atoms with Crippen LogP contribution in [0.25, 0.3) is 0 Å². The molecule has 2 aliphatic rings. The average molecular weight is 282 g/mol. The van der Waals surface area contributed by atoms with E-state index in [4.69, 9.17) is 18.8 Å². The highest BCUT2D eigenvalue weighted by Gasteiger charge is 2.14.